The third-order valence-electron chi connectivity index (χ3n) is 3.23. The van der Waals surface area contributed by atoms with Gasteiger partial charge in [0, 0.05) is 30.9 Å². The first kappa shape index (κ1) is 11.8. The van der Waals surface area contributed by atoms with E-state index < -0.39 is 0 Å². The first-order valence-corrected chi connectivity index (χ1v) is 6.32. The SMILES string of the molecule is O=C(NCCc1ncc[nH]1)C1COc2ccccc21. The van der Waals surface area contributed by atoms with Crippen LogP contribution in [0.15, 0.2) is 36.7 Å². The van der Waals surface area contributed by atoms with Crippen LogP contribution in [0.25, 0.3) is 0 Å². The number of H-pyrrole nitrogens is 1. The van der Waals surface area contributed by atoms with E-state index in [-0.39, 0.29) is 11.8 Å². The van der Waals surface area contributed by atoms with Crippen molar-refractivity contribution in [2.75, 3.05) is 13.2 Å². The molecule has 1 aliphatic rings. The predicted molar refractivity (Wildman–Crippen MR) is 70.0 cm³/mol. The van der Waals surface area contributed by atoms with E-state index in [2.05, 4.69) is 15.3 Å². The van der Waals surface area contributed by atoms with Gasteiger partial charge in [-0.3, -0.25) is 4.79 Å². The minimum absolute atomic E-state index is 0.0107. The smallest absolute Gasteiger partial charge is 0.231 e. The van der Waals surface area contributed by atoms with Gasteiger partial charge in [-0.2, -0.15) is 0 Å². The zero-order valence-corrected chi connectivity index (χ0v) is 10.4. The van der Waals surface area contributed by atoms with Gasteiger partial charge in [-0.1, -0.05) is 18.2 Å². The Kier molecular flexibility index (Phi) is 3.18. The molecule has 1 atom stereocenters. The first-order chi connectivity index (χ1) is 9.34. The lowest BCUT2D eigenvalue weighted by atomic mass is 10.0. The monoisotopic (exact) mass is 257 g/mol. The van der Waals surface area contributed by atoms with Crippen molar-refractivity contribution < 1.29 is 9.53 Å². The van der Waals surface area contributed by atoms with E-state index in [1.807, 2.05) is 24.3 Å². The van der Waals surface area contributed by atoms with Crippen LogP contribution in [0.3, 0.4) is 0 Å². The van der Waals surface area contributed by atoms with Crippen LogP contribution in [0.5, 0.6) is 5.75 Å². The second-order valence-corrected chi connectivity index (χ2v) is 4.48. The second-order valence-electron chi connectivity index (χ2n) is 4.48. The fraction of sp³-hybridized carbons (Fsp3) is 0.286. The van der Waals surface area contributed by atoms with Crippen LogP contribution in [0.4, 0.5) is 0 Å². The van der Waals surface area contributed by atoms with Gasteiger partial charge < -0.3 is 15.0 Å². The molecule has 0 radical (unpaired) electrons. The summed E-state index contributed by atoms with van der Waals surface area (Å²) in [6.07, 6.45) is 4.18. The third kappa shape index (κ3) is 2.45. The molecule has 5 heteroatoms. The molecule has 1 aromatic heterocycles. The molecule has 0 fully saturated rings. The summed E-state index contributed by atoms with van der Waals surface area (Å²) in [5.41, 5.74) is 0.970. The number of ether oxygens (including phenoxy) is 1. The van der Waals surface area contributed by atoms with Crippen molar-refractivity contribution in [1.82, 2.24) is 15.3 Å². The number of benzene rings is 1. The highest BCUT2D eigenvalue weighted by Crippen LogP contribution is 2.33. The molecule has 1 aromatic carbocycles. The average Bonchev–Trinajstić information content (AvgIpc) is 3.07. The normalized spacial score (nSPS) is 16.7. The number of fused-ring (bicyclic) bond motifs is 1. The highest BCUT2D eigenvalue weighted by atomic mass is 16.5. The standard InChI is InChI=1S/C14H15N3O2/c18-14(17-6-5-13-15-7-8-16-13)11-9-19-12-4-2-1-3-10(11)12/h1-4,7-8,11H,5-6,9H2,(H,15,16)(H,17,18). The highest BCUT2D eigenvalue weighted by molar-refractivity contribution is 5.85. The first-order valence-electron chi connectivity index (χ1n) is 6.32. The van der Waals surface area contributed by atoms with Gasteiger partial charge >= 0.3 is 0 Å². The lowest BCUT2D eigenvalue weighted by Gasteiger charge is -2.09. The summed E-state index contributed by atoms with van der Waals surface area (Å²) in [4.78, 5) is 19.2. The van der Waals surface area contributed by atoms with E-state index in [0.29, 0.717) is 19.6 Å². The number of hydrogen-bond acceptors (Lipinski definition) is 3. The lowest BCUT2D eigenvalue weighted by Crippen LogP contribution is -2.31. The van der Waals surface area contributed by atoms with Crippen molar-refractivity contribution in [2.45, 2.75) is 12.3 Å². The molecule has 2 aromatic rings. The fourth-order valence-electron chi connectivity index (χ4n) is 2.24. The maximum absolute atomic E-state index is 12.1. The van der Waals surface area contributed by atoms with Crippen molar-refractivity contribution in [3.63, 3.8) is 0 Å². The number of amides is 1. The number of rotatable bonds is 4. The van der Waals surface area contributed by atoms with Crippen LogP contribution in [0.2, 0.25) is 0 Å². The molecule has 5 nitrogen and oxygen atoms in total. The summed E-state index contributed by atoms with van der Waals surface area (Å²) in [5, 5.41) is 2.92. The Hall–Kier alpha value is -2.30. The molecule has 0 saturated carbocycles. The van der Waals surface area contributed by atoms with Crippen LogP contribution < -0.4 is 10.1 Å². The summed E-state index contributed by atoms with van der Waals surface area (Å²) < 4.78 is 5.51. The van der Waals surface area contributed by atoms with Gasteiger partial charge in [0.05, 0.1) is 0 Å². The molecule has 1 aliphatic heterocycles. The molecule has 2 N–H and O–H groups in total. The molecule has 0 saturated heterocycles. The Bertz CT molecular complexity index is 566. The number of aromatic nitrogens is 2. The number of aromatic amines is 1. The van der Waals surface area contributed by atoms with Crippen molar-refractivity contribution in [1.29, 1.82) is 0 Å². The molecule has 19 heavy (non-hydrogen) atoms. The summed E-state index contributed by atoms with van der Waals surface area (Å²) in [6.45, 7) is 0.997. The Morgan fingerprint density at radius 1 is 1.47 bits per heavy atom. The number of nitrogens with zero attached hydrogens (tertiary/aromatic N) is 1. The van der Waals surface area contributed by atoms with Gasteiger partial charge in [-0.25, -0.2) is 4.98 Å². The molecule has 3 rings (SSSR count). The van der Waals surface area contributed by atoms with Gasteiger partial charge in [0.2, 0.25) is 5.91 Å². The Labute approximate surface area is 111 Å². The molecule has 1 unspecified atom stereocenters. The molecule has 0 spiro atoms. The lowest BCUT2D eigenvalue weighted by molar-refractivity contribution is -0.122. The van der Waals surface area contributed by atoms with Gasteiger partial charge in [0.1, 0.15) is 24.1 Å². The van der Waals surface area contributed by atoms with Crippen LogP contribution in [0.1, 0.15) is 17.3 Å². The van der Waals surface area contributed by atoms with Crippen molar-refractivity contribution in [2.24, 2.45) is 0 Å². The summed E-state index contributed by atoms with van der Waals surface area (Å²) in [7, 11) is 0. The van der Waals surface area contributed by atoms with E-state index >= 15 is 0 Å². The minimum Gasteiger partial charge on any atom is -0.492 e. The largest absolute Gasteiger partial charge is 0.492 e. The fourth-order valence-corrected chi connectivity index (χ4v) is 2.24. The van der Waals surface area contributed by atoms with E-state index in [0.717, 1.165) is 17.1 Å². The van der Waals surface area contributed by atoms with Gasteiger partial charge in [0.15, 0.2) is 0 Å². The minimum atomic E-state index is -0.201. The summed E-state index contributed by atoms with van der Waals surface area (Å²) in [5.74, 6) is 1.50. The van der Waals surface area contributed by atoms with E-state index in [1.165, 1.54) is 0 Å². The van der Waals surface area contributed by atoms with Crippen LogP contribution in [-0.4, -0.2) is 29.0 Å². The van der Waals surface area contributed by atoms with E-state index in [4.69, 9.17) is 4.74 Å². The molecule has 1 amide bonds. The number of carbonyl (C=O) groups is 1. The number of imidazole rings is 1. The van der Waals surface area contributed by atoms with Gasteiger partial charge in [-0.05, 0) is 6.07 Å². The predicted octanol–water partition coefficient (Wildman–Crippen LogP) is 1.24. The molecule has 98 valence electrons. The second kappa shape index (κ2) is 5.14. The van der Waals surface area contributed by atoms with Gasteiger partial charge in [-0.15, -0.1) is 0 Å². The van der Waals surface area contributed by atoms with Crippen molar-refractivity contribution in [3.05, 3.63) is 48.0 Å². The molecule has 0 bridgehead atoms. The zero-order chi connectivity index (χ0) is 13.1. The van der Waals surface area contributed by atoms with Gasteiger partial charge in [0.25, 0.3) is 0 Å². The molecular formula is C14H15N3O2. The Morgan fingerprint density at radius 3 is 3.21 bits per heavy atom. The van der Waals surface area contributed by atoms with Crippen LogP contribution in [0, 0.1) is 0 Å². The quantitative estimate of drug-likeness (QED) is 0.866. The van der Waals surface area contributed by atoms with Crippen LogP contribution in [-0.2, 0) is 11.2 Å². The van der Waals surface area contributed by atoms with E-state index in [1.54, 1.807) is 12.4 Å². The van der Waals surface area contributed by atoms with Crippen LogP contribution >= 0.6 is 0 Å². The highest BCUT2D eigenvalue weighted by Gasteiger charge is 2.29. The van der Waals surface area contributed by atoms with Crippen molar-refractivity contribution in [3.8, 4) is 5.75 Å². The molecule has 0 aliphatic carbocycles. The topological polar surface area (TPSA) is 67.0 Å². The Morgan fingerprint density at radius 2 is 2.37 bits per heavy atom. The third-order valence-corrected chi connectivity index (χ3v) is 3.23. The van der Waals surface area contributed by atoms with Crippen molar-refractivity contribution >= 4 is 5.91 Å². The zero-order valence-electron chi connectivity index (χ0n) is 10.4. The van der Waals surface area contributed by atoms with E-state index in [9.17, 15) is 4.79 Å². The number of hydrogen-bond donors (Lipinski definition) is 2. The number of carbonyl (C=O) groups excluding carboxylic acids is 1. The number of para-hydroxylation sites is 1. The summed E-state index contributed by atoms with van der Waals surface area (Å²) >= 11 is 0. The molecular weight excluding hydrogens is 242 g/mol. The Balaban J connectivity index is 1.57. The molecule has 2 heterocycles. The maximum atomic E-state index is 12.1. The average molecular weight is 257 g/mol. The maximum Gasteiger partial charge on any atom is 0.231 e. The number of nitrogens with one attached hydrogen (secondary N) is 2. The summed E-state index contributed by atoms with van der Waals surface area (Å²) in [6, 6.07) is 7.68.